The van der Waals surface area contributed by atoms with Gasteiger partial charge in [-0.15, -0.1) is 0 Å². The number of thiocarbonyl (C=S) groups is 1. The van der Waals surface area contributed by atoms with Gasteiger partial charge in [0.15, 0.2) is 0 Å². The number of primary amides is 1. The van der Waals surface area contributed by atoms with Gasteiger partial charge in [-0.05, 0) is 0 Å². The second kappa shape index (κ2) is 6.07. The molecule has 0 aliphatic carbocycles. The molecule has 0 bridgehead atoms. The summed E-state index contributed by atoms with van der Waals surface area (Å²) in [7, 11) is 3.52. The van der Waals surface area contributed by atoms with Gasteiger partial charge >= 0.3 is 0 Å². The van der Waals surface area contributed by atoms with Gasteiger partial charge in [-0.25, -0.2) is 0 Å². The zero-order chi connectivity index (χ0) is 7.44. The minimum Gasteiger partial charge on any atom is -0.363 e. The molecule has 0 aliphatic heterocycles. The molecule has 6 heteroatoms. The monoisotopic (exact) mass is 228 g/mol. The van der Waals surface area contributed by atoms with Crippen LogP contribution in [-0.4, -0.2) is 28.6 Å². The van der Waals surface area contributed by atoms with Crippen LogP contribution >= 0.6 is 24.0 Å². The van der Waals surface area contributed by atoms with E-state index in [1.54, 1.807) is 19.0 Å². The van der Waals surface area contributed by atoms with Crippen LogP contribution < -0.4 is 5.73 Å². The van der Waals surface area contributed by atoms with E-state index in [0.29, 0.717) is 4.32 Å². The molecular formula is C4H8N2OS2Zn. The molecular weight excluding hydrogens is 222 g/mol. The number of nitrogens with two attached hydrogens (primary N) is 1. The van der Waals surface area contributed by atoms with Crippen molar-refractivity contribution in [1.82, 2.24) is 4.90 Å². The number of hydrogen-bond acceptors (Lipinski definition) is 3. The molecule has 0 atom stereocenters. The van der Waals surface area contributed by atoms with Crippen LogP contribution in [0.4, 0.5) is 4.79 Å². The fourth-order valence-corrected chi connectivity index (χ4v) is 0.778. The molecule has 10 heavy (non-hydrogen) atoms. The van der Waals surface area contributed by atoms with Crippen LogP contribution in [0.15, 0.2) is 0 Å². The molecule has 2 N–H and O–H groups in total. The number of nitrogens with zero attached hydrogens (tertiary/aromatic N) is 1. The van der Waals surface area contributed by atoms with Crippen molar-refractivity contribution in [2.45, 2.75) is 0 Å². The third kappa shape index (κ3) is 6.45. The molecule has 0 fully saturated rings. The zero-order valence-corrected chi connectivity index (χ0v) is 10.6. The average molecular weight is 230 g/mol. The molecule has 0 rings (SSSR count). The first-order valence-electron chi connectivity index (χ1n) is 2.22. The van der Waals surface area contributed by atoms with E-state index < -0.39 is 5.24 Å². The number of hydrogen-bond donors (Lipinski definition) is 1. The molecule has 0 saturated heterocycles. The van der Waals surface area contributed by atoms with Crippen molar-refractivity contribution in [2.24, 2.45) is 5.73 Å². The van der Waals surface area contributed by atoms with Gasteiger partial charge in [0.1, 0.15) is 4.32 Å². The number of carbonyl (C=O) groups excluding carboxylic acids is 1. The van der Waals surface area contributed by atoms with Crippen molar-refractivity contribution in [2.75, 3.05) is 14.1 Å². The zero-order valence-electron chi connectivity index (χ0n) is 5.96. The minimum absolute atomic E-state index is 0. The van der Waals surface area contributed by atoms with E-state index in [1.807, 2.05) is 0 Å². The van der Waals surface area contributed by atoms with Gasteiger partial charge in [0, 0.05) is 45.3 Å². The largest absolute Gasteiger partial charge is 0.363 e. The Hall–Kier alpha value is 0.333. The molecule has 0 aromatic heterocycles. The Morgan fingerprint density at radius 2 is 2.00 bits per heavy atom. The maximum absolute atomic E-state index is 10.2. The van der Waals surface area contributed by atoms with Crippen molar-refractivity contribution >= 4 is 33.5 Å². The predicted octanol–water partition coefficient (Wildman–Crippen LogP) is 0.642. The maximum atomic E-state index is 10.2. The Labute approximate surface area is 82.5 Å². The summed E-state index contributed by atoms with van der Waals surface area (Å²) < 4.78 is 0.488. The summed E-state index contributed by atoms with van der Waals surface area (Å²) in [6, 6.07) is 0. The van der Waals surface area contributed by atoms with E-state index in [-0.39, 0.29) is 19.5 Å². The van der Waals surface area contributed by atoms with E-state index in [2.05, 4.69) is 0 Å². The first-order chi connectivity index (χ1) is 4.04. The quantitative estimate of drug-likeness (QED) is 0.489. The molecule has 0 aromatic carbocycles. The summed E-state index contributed by atoms with van der Waals surface area (Å²) in [4.78, 5) is 11.8. The van der Waals surface area contributed by atoms with Gasteiger partial charge in [0.2, 0.25) is 0 Å². The Bertz CT molecular complexity index is 139. The molecule has 0 saturated carbocycles. The topological polar surface area (TPSA) is 46.3 Å². The van der Waals surface area contributed by atoms with Gasteiger partial charge in [-0.1, -0.05) is 12.2 Å². The van der Waals surface area contributed by atoms with E-state index in [1.165, 1.54) is 0 Å². The second-order valence-corrected chi connectivity index (χ2v) is 3.22. The molecule has 0 heterocycles. The average Bonchev–Trinajstić information content (AvgIpc) is 1.63. The Kier molecular flexibility index (Phi) is 7.87. The smallest absolute Gasteiger partial charge is 0.283 e. The third-order valence-electron chi connectivity index (χ3n) is 0.553. The molecule has 54 valence electrons. The second-order valence-electron chi connectivity index (χ2n) is 1.58. The fraction of sp³-hybridized carbons (Fsp3) is 0.500. The molecule has 3 nitrogen and oxygen atoms in total. The van der Waals surface area contributed by atoms with Crippen LogP contribution in [0.1, 0.15) is 0 Å². The van der Waals surface area contributed by atoms with Crippen LogP contribution in [0, 0.1) is 0 Å². The number of rotatable bonds is 0. The van der Waals surface area contributed by atoms with E-state index in [9.17, 15) is 4.79 Å². The van der Waals surface area contributed by atoms with Gasteiger partial charge in [0.25, 0.3) is 5.24 Å². The Morgan fingerprint density at radius 1 is 1.60 bits per heavy atom. The molecule has 0 radical (unpaired) electrons. The van der Waals surface area contributed by atoms with Crippen molar-refractivity contribution in [3.05, 3.63) is 0 Å². The summed E-state index contributed by atoms with van der Waals surface area (Å²) in [6.07, 6.45) is 0. The number of amides is 1. The third-order valence-corrected chi connectivity index (χ3v) is 1.91. The van der Waals surface area contributed by atoms with E-state index in [0.717, 1.165) is 11.8 Å². The first-order valence-corrected chi connectivity index (χ1v) is 3.45. The van der Waals surface area contributed by atoms with Gasteiger partial charge in [-0.2, -0.15) is 0 Å². The summed E-state index contributed by atoms with van der Waals surface area (Å²) in [6.45, 7) is 0. The van der Waals surface area contributed by atoms with Crippen molar-refractivity contribution in [1.29, 1.82) is 0 Å². The van der Waals surface area contributed by atoms with E-state index >= 15 is 0 Å². The number of thioether (sulfide) groups is 1. The molecule has 0 unspecified atom stereocenters. The van der Waals surface area contributed by atoms with Crippen LogP contribution in [-0.2, 0) is 19.5 Å². The van der Waals surface area contributed by atoms with Gasteiger partial charge < -0.3 is 10.6 Å². The Morgan fingerprint density at radius 3 is 2.10 bits per heavy atom. The maximum Gasteiger partial charge on any atom is 0.283 e. The summed E-state index contributed by atoms with van der Waals surface area (Å²) in [5, 5.41) is -0.464. The van der Waals surface area contributed by atoms with Crippen LogP contribution in [0.25, 0.3) is 0 Å². The van der Waals surface area contributed by atoms with Gasteiger partial charge in [0.05, 0.1) is 0 Å². The predicted molar refractivity (Wildman–Crippen MR) is 43.5 cm³/mol. The number of carbonyl (C=O) groups is 1. The van der Waals surface area contributed by atoms with Crippen molar-refractivity contribution in [3.63, 3.8) is 0 Å². The molecule has 1 amide bonds. The summed E-state index contributed by atoms with van der Waals surface area (Å²) in [5.74, 6) is 0. The van der Waals surface area contributed by atoms with Crippen LogP contribution in [0.2, 0.25) is 0 Å². The van der Waals surface area contributed by atoms with Gasteiger partial charge in [-0.3, -0.25) is 4.79 Å². The van der Waals surface area contributed by atoms with Crippen LogP contribution in [0.5, 0.6) is 0 Å². The molecule has 0 aromatic rings. The summed E-state index contributed by atoms with van der Waals surface area (Å²) in [5.41, 5.74) is 4.84. The van der Waals surface area contributed by atoms with Crippen LogP contribution in [0.3, 0.4) is 0 Å². The summed E-state index contributed by atoms with van der Waals surface area (Å²) >= 11 is 5.60. The first kappa shape index (κ1) is 13.0. The Balaban J connectivity index is 0. The molecule has 0 spiro atoms. The van der Waals surface area contributed by atoms with Crippen molar-refractivity contribution in [3.8, 4) is 0 Å². The normalized spacial score (nSPS) is 7.80. The SMILES string of the molecule is CN(C)C(=S)SC(N)=O.[Zn]. The minimum atomic E-state index is -0.464. The molecule has 0 aliphatic rings. The fourth-order valence-electron chi connectivity index (χ4n) is 0.177. The van der Waals surface area contributed by atoms with Crippen molar-refractivity contribution < 1.29 is 24.3 Å². The standard InChI is InChI=1S/C4H8N2OS2.Zn/c1-6(2)4(8)9-3(5)7;/h1-2H3,(H2,5,7);. The van der Waals surface area contributed by atoms with E-state index in [4.69, 9.17) is 18.0 Å².